The lowest BCUT2D eigenvalue weighted by Crippen LogP contribution is -2.28. The number of benzene rings is 1. The number of amides is 1. The summed E-state index contributed by atoms with van der Waals surface area (Å²) in [5.41, 5.74) is 0.903. The number of nitrogens with zero attached hydrogens (tertiary/aromatic N) is 2. The Hall–Kier alpha value is -1.59. The third-order valence-electron chi connectivity index (χ3n) is 3.66. The molecule has 0 spiro atoms. The molecule has 0 bridgehead atoms. The van der Waals surface area contributed by atoms with E-state index in [1.807, 2.05) is 19.2 Å². The predicted octanol–water partition coefficient (Wildman–Crippen LogP) is 2.59. The zero-order valence-corrected chi connectivity index (χ0v) is 12.0. The SMILES string of the molecule is Cn1nc(NC(=O)C2CCOCC2)c2c(Cl)cccc21. The van der Waals surface area contributed by atoms with Gasteiger partial charge in [-0.05, 0) is 25.0 Å². The number of nitrogens with one attached hydrogen (secondary N) is 1. The standard InChI is InChI=1S/C14H16ClN3O2/c1-18-11-4-2-3-10(15)12(11)13(17-18)16-14(19)9-5-7-20-8-6-9/h2-4,9H,5-8H2,1H3,(H,16,17,19). The number of anilines is 1. The number of hydrogen-bond acceptors (Lipinski definition) is 3. The van der Waals surface area contributed by atoms with Crippen molar-refractivity contribution < 1.29 is 9.53 Å². The van der Waals surface area contributed by atoms with Gasteiger partial charge >= 0.3 is 0 Å². The van der Waals surface area contributed by atoms with E-state index < -0.39 is 0 Å². The average molecular weight is 294 g/mol. The zero-order valence-electron chi connectivity index (χ0n) is 11.2. The highest BCUT2D eigenvalue weighted by Gasteiger charge is 2.23. The molecule has 0 saturated carbocycles. The van der Waals surface area contributed by atoms with Gasteiger partial charge in [0.2, 0.25) is 5.91 Å². The van der Waals surface area contributed by atoms with E-state index in [-0.39, 0.29) is 11.8 Å². The summed E-state index contributed by atoms with van der Waals surface area (Å²) in [5, 5.41) is 8.64. The first-order chi connectivity index (χ1) is 9.66. The van der Waals surface area contributed by atoms with Crippen LogP contribution in [0.2, 0.25) is 5.02 Å². The molecule has 1 aliphatic rings. The second-order valence-electron chi connectivity index (χ2n) is 4.98. The van der Waals surface area contributed by atoms with Crippen molar-refractivity contribution in [3.8, 4) is 0 Å². The van der Waals surface area contributed by atoms with E-state index in [0.29, 0.717) is 24.1 Å². The van der Waals surface area contributed by atoms with Gasteiger partial charge in [0.1, 0.15) is 0 Å². The summed E-state index contributed by atoms with van der Waals surface area (Å²) < 4.78 is 7.00. The minimum absolute atomic E-state index is 0.00628. The maximum absolute atomic E-state index is 12.3. The number of carbonyl (C=O) groups is 1. The zero-order chi connectivity index (χ0) is 14.1. The third-order valence-corrected chi connectivity index (χ3v) is 3.98. The largest absolute Gasteiger partial charge is 0.381 e. The molecule has 1 aliphatic heterocycles. The van der Waals surface area contributed by atoms with Crippen LogP contribution in [-0.4, -0.2) is 28.9 Å². The van der Waals surface area contributed by atoms with E-state index in [2.05, 4.69) is 10.4 Å². The molecule has 1 aromatic heterocycles. The molecule has 1 saturated heterocycles. The second kappa shape index (κ2) is 5.42. The Morgan fingerprint density at radius 3 is 2.95 bits per heavy atom. The van der Waals surface area contributed by atoms with Gasteiger partial charge in [-0.2, -0.15) is 5.10 Å². The molecular formula is C14H16ClN3O2. The molecule has 2 heterocycles. The van der Waals surface area contributed by atoms with Crippen molar-refractivity contribution in [2.24, 2.45) is 13.0 Å². The van der Waals surface area contributed by atoms with Crippen molar-refractivity contribution in [3.63, 3.8) is 0 Å². The summed E-state index contributed by atoms with van der Waals surface area (Å²) in [6, 6.07) is 5.60. The summed E-state index contributed by atoms with van der Waals surface area (Å²) in [5.74, 6) is 0.515. The molecule has 1 aromatic carbocycles. The van der Waals surface area contributed by atoms with Crippen LogP contribution < -0.4 is 5.32 Å². The normalized spacial score (nSPS) is 16.5. The van der Waals surface area contributed by atoms with Gasteiger partial charge in [-0.15, -0.1) is 0 Å². The lowest BCUT2D eigenvalue weighted by molar-refractivity contribution is -0.122. The molecule has 20 heavy (non-hydrogen) atoms. The summed E-state index contributed by atoms with van der Waals surface area (Å²) in [6.45, 7) is 1.28. The highest BCUT2D eigenvalue weighted by molar-refractivity contribution is 6.36. The highest BCUT2D eigenvalue weighted by atomic mass is 35.5. The fraction of sp³-hybridized carbons (Fsp3) is 0.429. The molecule has 5 nitrogen and oxygen atoms in total. The first-order valence-electron chi connectivity index (χ1n) is 6.66. The molecular weight excluding hydrogens is 278 g/mol. The van der Waals surface area contributed by atoms with Crippen molar-refractivity contribution in [3.05, 3.63) is 23.2 Å². The van der Waals surface area contributed by atoms with Crippen LogP contribution in [0.25, 0.3) is 10.9 Å². The fourth-order valence-electron chi connectivity index (χ4n) is 2.54. The van der Waals surface area contributed by atoms with Crippen LogP contribution in [0.4, 0.5) is 5.82 Å². The average Bonchev–Trinajstić information content (AvgIpc) is 2.78. The van der Waals surface area contributed by atoms with Gasteiger partial charge in [-0.25, -0.2) is 0 Å². The maximum Gasteiger partial charge on any atom is 0.228 e. The summed E-state index contributed by atoms with van der Waals surface area (Å²) in [4.78, 5) is 12.3. The van der Waals surface area contributed by atoms with Crippen LogP contribution in [0.3, 0.4) is 0 Å². The van der Waals surface area contributed by atoms with Crippen LogP contribution >= 0.6 is 11.6 Å². The summed E-state index contributed by atoms with van der Waals surface area (Å²) in [6.07, 6.45) is 1.51. The Labute approximate surface area is 121 Å². The van der Waals surface area contributed by atoms with Gasteiger partial charge in [-0.3, -0.25) is 9.48 Å². The van der Waals surface area contributed by atoms with Crippen LogP contribution in [0.1, 0.15) is 12.8 Å². The van der Waals surface area contributed by atoms with Gasteiger partial charge in [-0.1, -0.05) is 17.7 Å². The smallest absolute Gasteiger partial charge is 0.228 e. The predicted molar refractivity (Wildman–Crippen MR) is 77.9 cm³/mol. The van der Waals surface area contributed by atoms with Crippen LogP contribution in [0.5, 0.6) is 0 Å². The van der Waals surface area contributed by atoms with Crippen molar-refractivity contribution in [2.75, 3.05) is 18.5 Å². The number of fused-ring (bicyclic) bond motifs is 1. The van der Waals surface area contributed by atoms with E-state index in [1.165, 1.54) is 0 Å². The molecule has 106 valence electrons. The molecule has 6 heteroatoms. The lowest BCUT2D eigenvalue weighted by atomic mass is 9.99. The number of hydrogen-bond donors (Lipinski definition) is 1. The Bertz CT molecular complexity index is 647. The fourth-order valence-corrected chi connectivity index (χ4v) is 2.80. The Balaban J connectivity index is 1.89. The first-order valence-corrected chi connectivity index (χ1v) is 7.04. The lowest BCUT2D eigenvalue weighted by Gasteiger charge is -2.20. The minimum atomic E-state index is -0.0108. The van der Waals surface area contributed by atoms with Crippen molar-refractivity contribution in [2.45, 2.75) is 12.8 Å². The van der Waals surface area contributed by atoms with Crippen LogP contribution in [0, 0.1) is 5.92 Å². The molecule has 3 rings (SSSR count). The molecule has 1 fully saturated rings. The molecule has 0 aliphatic carbocycles. The number of ether oxygens (including phenoxy) is 1. The van der Waals surface area contributed by atoms with E-state index in [1.54, 1.807) is 10.7 Å². The summed E-state index contributed by atoms with van der Waals surface area (Å²) in [7, 11) is 1.84. The molecule has 0 atom stereocenters. The summed E-state index contributed by atoms with van der Waals surface area (Å²) >= 11 is 6.22. The first kappa shape index (κ1) is 13.4. The van der Waals surface area contributed by atoms with Crippen LogP contribution in [-0.2, 0) is 16.6 Å². The molecule has 2 aromatic rings. The second-order valence-corrected chi connectivity index (χ2v) is 5.39. The molecule has 1 N–H and O–H groups in total. The van der Waals surface area contributed by atoms with Gasteiger partial charge in [0, 0.05) is 26.2 Å². The van der Waals surface area contributed by atoms with E-state index in [9.17, 15) is 4.79 Å². The Kier molecular flexibility index (Phi) is 3.63. The van der Waals surface area contributed by atoms with Crippen molar-refractivity contribution >= 4 is 34.2 Å². The minimum Gasteiger partial charge on any atom is -0.381 e. The Morgan fingerprint density at radius 1 is 1.45 bits per heavy atom. The topological polar surface area (TPSA) is 56.2 Å². The van der Waals surface area contributed by atoms with Crippen molar-refractivity contribution in [1.82, 2.24) is 9.78 Å². The molecule has 0 radical (unpaired) electrons. The Morgan fingerprint density at radius 2 is 2.20 bits per heavy atom. The van der Waals surface area contributed by atoms with E-state index in [0.717, 1.165) is 23.7 Å². The number of aryl methyl sites for hydroxylation is 1. The molecule has 1 amide bonds. The van der Waals surface area contributed by atoms with Crippen LogP contribution in [0.15, 0.2) is 18.2 Å². The maximum atomic E-state index is 12.3. The van der Waals surface area contributed by atoms with E-state index in [4.69, 9.17) is 16.3 Å². The monoisotopic (exact) mass is 293 g/mol. The van der Waals surface area contributed by atoms with Gasteiger partial charge in [0.25, 0.3) is 0 Å². The number of halogens is 1. The van der Waals surface area contributed by atoms with Gasteiger partial charge < -0.3 is 10.1 Å². The highest BCUT2D eigenvalue weighted by Crippen LogP contribution is 2.30. The quantitative estimate of drug-likeness (QED) is 0.926. The van der Waals surface area contributed by atoms with Gasteiger partial charge in [0.15, 0.2) is 5.82 Å². The third kappa shape index (κ3) is 2.39. The molecule has 0 unspecified atom stereocenters. The number of rotatable bonds is 2. The number of carbonyl (C=O) groups excluding carboxylic acids is 1. The number of aromatic nitrogens is 2. The van der Waals surface area contributed by atoms with E-state index >= 15 is 0 Å². The van der Waals surface area contributed by atoms with Crippen molar-refractivity contribution in [1.29, 1.82) is 0 Å². The van der Waals surface area contributed by atoms with Gasteiger partial charge in [0.05, 0.1) is 15.9 Å².